The minimum absolute atomic E-state index is 0.00696. The third-order valence-corrected chi connectivity index (χ3v) is 7.55. The number of benzene rings is 4. The van der Waals surface area contributed by atoms with Crippen LogP contribution in [0.4, 0.5) is 0 Å². The van der Waals surface area contributed by atoms with Crippen molar-refractivity contribution in [3.8, 4) is 34.5 Å². The first-order valence-corrected chi connectivity index (χ1v) is 12.4. The van der Waals surface area contributed by atoms with Gasteiger partial charge in [0.2, 0.25) is 0 Å². The Morgan fingerprint density at radius 1 is 0.778 bits per heavy atom. The first-order valence-electron chi connectivity index (χ1n) is 12.4. The van der Waals surface area contributed by atoms with Crippen LogP contribution in [0, 0.1) is 0 Å². The average Bonchev–Trinajstić information content (AvgIpc) is 2.92. The third kappa shape index (κ3) is 3.30. The summed E-state index contributed by atoms with van der Waals surface area (Å²) in [6.45, 7) is 0. The van der Waals surface area contributed by atoms with E-state index in [-0.39, 0.29) is 23.9 Å². The van der Waals surface area contributed by atoms with Gasteiger partial charge in [-0.05, 0) is 24.0 Å². The van der Waals surface area contributed by atoms with E-state index in [1.165, 1.54) is 0 Å². The van der Waals surface area contributed by atoms with E-state index in [1.807, 2.05) is 30.3 Å². The van der Waals surface area contributed by atoms with Crippen LogP contribution < -0.4 is 18.9 Å². The molecule has 5 heteroatoms. The van der Waals surface area contributed by atoms with Crippen LogP contribution in [0.3, 0.4) is 0 Å². The zero-order valence-corrected chi connectivity index (χ0v) is 19.9. The summed E-state index contributed by atoms with van der Waals surface area (Å²) in [6.07, 6.45) is 2.27. The molecule has 4 aromatic rings. The monoisotopic (exact) mass is 478 g/mol. The van der Waals surface area contributed by atoms with Gasteiger partial charge >= 0.3 is 0 Å². The van der Waals surface area contributed by atoms with Crippen molar-refractivity contribution >= 4 is 0 Å². The van der Waals surface area contributed by atoms with Crippen molar-refractivity contribution in [2.24, 2.45) is 0 Å². The zero-order valence-electron chi connectivity index (χ0n) is 19.9. The molecule has 3 atom stereocenters. The van der Waals surface area contributed by atoms with Gasteiger partial charge in [0.1, 0.15) is 46.7 Å². The molecule has 5 nitrogen and oxygen atoms in total. The quantitative estimate of drug-likeness (QED) is 0.337. The van der Waals surface area contributed by atoms with Crippen LogP contribution in [0.5, 0.6) is 34.5 Å². The first kappa shape index (κ1) is 21.2. The second-order valence-corrected chi connectivity index (χ2v) is 9.62. The van der Waals surface area contributed by atoms with Crippen LogP contribution in [0.25, 0.3) is 0 Å². The van der Waals surface area contributed by atoms with Crippen LogP contribution in [-0.4, -0.2) is 12.2 Å². The lowest BCUT2D eigenvalue weighted by Gasteiger charge is -2.40. The normalized spacial score (nSPS) is 21.1. The molecule has 0 amide bonds. The Morgan fingerprint density at radius 3 is 2.17 bits per heavy atom. The molecule has 3 unspecified atom stereocenters. The van der Waals surface area contributed by atoms with Gasteiger partial charge in [-0.15, -0.1) is 0 Å². The Labute approximate surface area is 209 Å². The van der Waals surface area contributed by atoms with Crippen molar-refractivity contribution in [2.75, 3.05) is 7.11 Å². The molecule has 0 spiro atoms. The summed E-state index contributed by atoms with van der Waals surface area (Å²) in [5.41, 5.74) is 5.35. The fraction of sp³-hybridized carbons (Fsp3) is 0.226. The Hall–Kier alpha value is -4.12. The van der Waals surface area contributed by atoms with Gasteiger partial charge in [-0.1, -0.05) is 60.7 Å². The van der Waals surface area contributed by atoms with Crippen molar-refractivity contribution in [1.82, 2.24) is 0 Å². The van der Waals surface area contributed by atoms with E-state index < -0.39 is 0 Å². The molecule has 0 saturated heterocycles. The molecular formula is C31H26O5. The molecule has 0 aliphatic carbocycles. The maximum absolute atomic E-state index is 10.5. The van der Waals surface area contributed by atoms with Crippen molar-refractivity contribution in [3.05, 3.63) is 107 Å². The molecule has 0 saturated carbocycles. The molecule has 180 valence electrons. The molecule has 0 radical (unpaired) electrons. The van der Waals surface area contributed by atoms with E-state index in [0.29, 0.717) is 17.2 Å². The molecule has 36 heavy (non-hydrogen) atoms. The molecule has 0 aromatic heterocycles. The molecular weight excluding hydrogens is 452 g/mol. The summed E-state index contributed by atoms with van der Waals surface area (Å²) in [6, 6.07) is 25.9. The summed E-state index contributed by atoms with van der Waals surface area (Å²) in [5, 5.41) is 10.5. The van der Waals surface area contributed by atoms with Gasteiger partial charge in [-0.2, -0.15) is 0 Å². The largest absolute Gasteiger partial charge is 0.508 e. The molecule has 3 aliphatic heterocycles. The molecule has 0 fully saturated rings. The number of hydrogen-bond donors (Lipinski definition) is 1. The minimum atomic E-state index is -0.157. The number of phenols is 1. The zero-order chi connectivity index (χ0) is 24.2. The van der Waals surface area contributed by atoms with Crippen LogP contribution in [0.1, 0.15) is 58.8 Å². The fourth-order valence-electron chi connectivity index (χ4n) is 5.92. The second-order valence-electron chi connectivity index (χ2n) is 9.62. The molecule has 4 aromatic carbocycles. The lowest BCUT2D eigenvalue weighted by molar-refractivity contribution is 0.151. The lowest BCUT2D eigenvalue weighted by atomic mass is 9.78. The number of hydrogen-bond acceptors (Lipinski definition) is 5. The van der Waals surface area contributed by atoms with Crippen LogP contribution in [0.15, 0.2) is 78.9 Å². The summed E-state index contributed by atoms with van der Waals surface area (Å²) in [4.78, 5) is 0. The van der Waals surface area contributed by atoms with Gasteiger partial charge in [0.15, 0.2) is 0 Å². The third-order valence-electron chi connectivity index (χ3n) is 7.55. The molecule has 1 N–H and O–H groups in total. The summed E-state index contributed by atoms with van der Waals surface area (Å²) in [5.74, 6) is 3.71. The van der Waals surface area contributed by atoms with Gasteiger partial charge in [-0.3, -0.25) is 0 Å². The van der Waals surface area contributed by atoms with Crippen LogP contribution >= 0.6 is 0 Å². The summed E-state index contributed by atoms with van der Waals surface area (Å²) in [7, 11) is 1.69. The van der Waals surface area contributed by atoms with Crippen LogP contribution in [0.2, 0.25) is 0 Å². The van der Waals surface area contributed by atoms with E-state index in [0.717, 1.165) is 58.6 Å². The highest BCUT2D eigenvalue weighted by Gasteiger charge is 2.42. The Bertz CT molecular complexity index is 1450. The maximum atomic E-state index is 10.5. The highest BCUT2D eigenvalue weighted by molar-refractivity contribution is 5.69. The Morgan fingerprint density at radius 2 is 1.44 bits per heavy atom. The highest BCUT2D eigenvalue weighted by atomic mass is 16.5. The predicted octanol–water partition coefficient (Wildman–Crippen LogP) is 7.23. The topological polar surface area (TPSA) is 57.2 Å². The van der Waals surface area contributed by atoms with Crippen molar-refractivity contribution in [2.45, 2.75) is 37.4 Å². The summed E-state index contributed by atoms with van der Waals surface area (Å²) < 4.78 is 25.4. The summed E-state index contributed by atoms with van der Waals surface area (Å²) >= 11 is 0. The van der Waals surface area contributed by atoms with E-state index in [4.69, 9.17) is 18.9 Å². The Kier molecular flexibility index (Phi) is 4.84. The number of phenolic OH excluding ortho intramolecular Hbond substituents is 1. The molecule has 7 rings (SSSR count). The highest BCUT2D eigenvalue weighted by Crippen LogP contribution is 2.60. The smallest absolute Gasteiger partial charge is 0.138 e. The lowest BCUT2D eigenvalue weighted by Crippen LogP contribution is -2.25. The number of fused-ring (bicyclic) bond motifs is 4. The van der Waals surface area contributed by atoms with Gasteiger partial charge < -0.3 is 24.1 Å². The molecule has 3 aliphatic rings. The second kappa shape index (κ2) is 8.23. The van der Waals surface area contributed by atoms with Gasteiger partial charge in [0.25, 0.3) is 0 Å². The van der Waals surface area contributed by atoms with E-state index in [9.17, 15) is 5.11 Å². The number of aromatic hydroxyl groups is 1. The van der Waals surface area contributed by atoms with Crippen molar-refractivity contribution < 1.29 is 24.1 Å². The molecule has 3 heterocycles. The van der Waals surface area contributed by atoms with Crippen LogP contribution in [-0.2, 0) is 6.42 Å². The average molecular weight is 479 g/mol. The van der Waals surface area contributed by atoms with E-state index in [2.05, 4.69) is 36.4 Å². The Balaban J connectivity index is 1.40. The van der Waals surface area contributed by atoms with Crippen molar-refractivity contribution in [1.29, 1.82) is 0 Å². The van der Waals surface area contributed by atoms with Gasteiger partial charge in [-0.25, -0.2) is 0 Å². The van der Waals surface area contributed by atoms with Gasteiger partial charge in [0, 0.05) is 47.2 Å². The first-order chi connectivity index (χ1) is 17.7. The van der Waals surface area contributed by atoms with Crippen molar-refractivity contribution in [3.63, 3.8) is 0 Å². The SMILES string of the molecule is COc1cc2c(c3c1CCC(c1ccccc1)O3)C1CC(c3ccccc3)Oc3cc(O)cc(c31)O2. The number of rotatable bonds is 3. The predicted molar refractivity (Wildman–Crippen MR) is 136 cm³/mol. The fourth-order valence-corrected chi connectivity index (χ4v) is 5.92. The maximum Gasteiger partial charge on any atom is 0.138 e. The number of ether oxygens (including phenoxy) is 4. The molecule has 0 bridgehead atoms. The van der Waals surface area contributed by atoms with E-state index in [1.54, 1.807) is 19.2 Å². The number of methoxy groups -OCH3 is 1. The van der Waals surface area contributed by atoms with Gasteiger partial charge in [0.05, 0.1) is 7.11 Å². The minimum Gasteiger partial charge on any atom is -0.508 e. The van der Waals surface area contributed by atoms with E-state index >= 15 is 0 Å². The standard InChI is InChI=1S/C31H26O5/c1-33-25-17-28-30(31-21(25)12-13-23(36-31)18-8-4-2-5-9-18)22-16-24(19-10-6-3-7-11-19)34-26-14-20(32)15-27(35-28)29(22)26/h2-11,14-15,17,22-24,32H,12-13,16H2,1H3.